The lowest BCUT2D eigenvalue weighted by atomic mass is 10.2. The first-order chi connectivity index (χ1) is 8.19. The average Bonchev–Trinajstić information content (AvgIpc) is 2.77. The van der Waals surface area contributed by atoms with Gasteiger partial charge in [-0.15, -0.1) is 0 Å². The Morgan fingerprint density at radius 3 is 2.82 bits per heavy atom. The number of nitrogens with one attached hydrogen (secondary N) is 1. The second-order valence-electron chi connectivity index (χ2n) is 3.61. The van der Waals surface area contributed by atoms with Gasteiger partial charge in [0, 0.05) is 17.3 Å². The average molecular weight is 255 g/mol. The van der Waals surface area contributed by atoms with Crippen LogP contribution in [-0.4, -0.2) is 6.54 Å². The van der Waals surface area contributed by atoms with Crippen molar-refractivity contribution >= 4 is 17.3 Å². The molecule has 0 saturated carbocycles. The fraction of sp³-hybridized carbons (Fsp3) is 0.167. The molecule has 90 valence electrons. The van der Waals surface area contributed by atoms with Gasteiger partial charge in [-0.25, -0.2) is 4.39 Å². The molecule has 0 saturated heterocycles. The summed E-state index contributed by atoms with van der Waals surface area (Å²) in [4.78, 5) is 0. The van der Waals surface area contributed by atoms with Crippen LogP contribution in [0, 0.1) is 5.82 Å². The first-order valence-corrected chi connectivity index (χ1v) is 5.53. The molecule has 0 amide bonds. The Labute approximate surface area is 103 Å². The van der Waals surface area contributed by atoms with E-state index in [2.05, 4.69) is 5.32 Å². The summed E-state index contributed by atoms with van der Waals surface area (Å²) in [7, 11) is 0. The Hall–Kier alpha value is -1.52. The molecule has 1 aromatic heterocycles. The van der Waals surface area contributed by atoms with E-state index in [9.17, 15) is 4.39 Å². The minimum Gasteiger partial charge on any atom is -0.467 e. The van der Waals surface area contributed by atoms with Crippen molar-refractivity contribution in [2.45, 2.75) is 6.04 Å². The zero-order chi connectivity index (χ0) is 12.3. The lowest BCUT2D eigenvalue weighted by Crippen LogP contribution is -2.20. The molecule has 0 aliphatic carbocycles. The number of hydrogen-bond donors (Lipinski definition) is 2. The smallest absolute Gasteiger partial charge is 0.127 e. The van der Waals surface area contributed by atoms with Gasteiger partial charge >= 0.3 is 0 Å². The summed E-state index contributed by atoms with van der Waals surface area (Å²) < 4.78 is 18.4. The van der Waals surface area contributed by atoms with E-state index in [4.69, 9.17) is 21.8 Å². The molecule has 1 atom stereocenters. The maximum atomic E-state index is 13.1. The molecule has 2 rings (SSSR count). The van der Waals surface area contributed by atoms with Gasteiger partial charge in [-0.05, 0) is 30.3 Å². The van der Waals surface area contributed by atoms with Crippen molar-refractivity contribution < 1.29 is 8.81 Å². The maximum absolute atomic E-state index is 13.1. The Kier molecular flexibility index (Phi) is 3.66. The summed E-state index contributed by atoms with van der Waals surface area (Å²) in [6.07, 6.45) is 1.57. The van der Waals surface area contributed by atoms with E-state index in [1.165, 1.54) is 12.1 Å². The Balaban J connectivity index is 2.18. The molecule has 0 radical (unpaired) electrons. The van der Waals surface area contributed by atoms with Crippen LogP contribution in [0.5, 0.6) is 0 Å². The van der Waals surface area contributed by atoms with Gasteiger partial charge in [-0.2, -0.15) is 0 Å². The number of halogens is 2. The first-order valence-electron chi connectivity index (χ1n) is 5.15. The Morgan fingerprint density at radius 2 is 2.24 bits per heavy atom. The van der Waals surface area contributed by atoms with Crippen molar-refractivity contribution in [3.8, 4) is 0 Å². The molecule has 2 aromatic rings. The lowest BCUT2D eigenvalue weighted by Gasteiger charge is -2.16. The van der Waals surface area contributed by atoms with Gasteiger partial charge in [0.05, 0.1) is 12.3 Å². The van der Waals surface area contributed by atoms with Gasteiger partial charge in [0.25, 0.3) is 0 Å². The molecule has 0 bridgehead atoms. The molecular formula is C12H12ClFN2O. The second-order valence-corrected chi connectivity index (χ2v) is 4.04. The van der Waals surface area contributed by atoms with Gasteiger partial charge in [0.15, 0.2) is 0 Å². The normalized spacial score (nSPS) is 12.4. The van der Waals surface area contributed by atoms with E-state index in [1.54, 1.807) is 18.4 Å². The Bertz CT molecular complexity index is 467. The number of nitrogens with two attached hydrogens (primary N) is 1. The van der Waals surface area contributed by atoms with Gasteiger partial charge in [0.2, 0.25) is 0 Å². The van der Waals surface area contributed by atoms with Gasteiger partial charge in [-0.3, -0.25) is 0 Å². The molecule has 0 aliphatic rings. The molecule has 5 heteroatoms. The van der Waals surface area contributed by atoms with E-state index >= 15 is 0 Å². The van der Waals surface area contributed by atoms with Crippen LogP contribution >= 0.6 is 11.6 Å². The van der Waals surface area contributed by atoms with Crippen molar-refractivity contribution in [3.63, 3.8) is 0 Å². The fourth-order valence-corrected chi connectivity index (χ4v) is 1.80. The minimum absolute atomic E-state index is 0.206. The van der Waals surface area contributed by atoms with E-state index in [0.29, 0.717) is 23.0 Å². The van der Waals surface area contributed by atoms with E-state index in [-0.39, 0.29) is 6.04 Å². The third-order valence-corrected chi connectivity index (χ3v) is 2.54. The summed E-state index contributed by atoms with van der Waals surface area (Å²) in [6.45, 7) is 0.335. The summed E-state index contributed by atoms with van der Waals surface area (Å²) in [6, 6.07) is 7.62. The fourth-order valence-electron chi connectivity index (χ4n) is 1.57. The third-order valence-electron chi connectivity index (χ3n) is 2.33. The number of benzene rings is 1. The monoisotopic (exact) mass is 254 g/mol. The minimum atomic E-state index is -0.393. The quantitative estimate of drug-likeness (QED) is 0.881. The van der Waals surface area contributed by atoms with Crippen LogP contribution in [0.25, 0.3) is 0 Å². The molecule has 1 aromatic carbocycles. The van der Waals surface area contributed by atoms with Crippen molar-refractivity contribution in [3.05, 3.63) is 53.2 Å². The van der Waals surface area contributed by atoms with Crippen molar-refractivity contribution in [1.82, 2.24) is 0 Å². The van der Waals surface area contributed by atoms with Crippen molar-refractivity contribution in [1.29, 1.82) is 0 Å². The molecule has 0 aliphatic heterocycles. The van der Waals surface area contributed by atoms with Gasteiger partial charge < -0.3 is 15.5 Å². The standard InChI is InChI=1S/C12H12ClFN2O/c13-8-4-9(14)6-10(5-8)16-11(7-15)12-2-1-3-17-12/h1-6,11,16H,7,15H2. The second kappa shape index (κ2) is 5.21. The van der Waals surface area contributed by atoms with Crippen LogP contribution in [0.15, 0.2) is 41.0 Å². The summed E-state index contributed by atoms with van der Waals surface area (Å²) in [5.41, 5.74) is 6.21. The topological polar surface area (TPSA) is 51.2 Å². The lowest BCUT2D eigenvalue weighted by molar-refractivity contribution is 0.481. The number of rotatable bonds is 4. The highest BCUT2D eigenvalue weighted by Crippen LogP contribution is 2.23. The van der Waals surface area contributed by atoms with Crippen LogP contribution in [0.4, 0.5) is 10.1 Å². The first kappa shape index (κ1) is 12.0. The third kappa shape index (κ3) is 2.99. The summed E-state index contributed by atoms with van der Waals surface area (Å²) >= 11 is 5.77. The summed E-state index contributed by atoms with van der Waals surface area (Å²) in [5.74, 6) is 0.308. The maximum Gasteiger partial charge on any atom is 0.127 e. The van der Waals surface area contributed by atoms with Crippen LogP contribution < -0.4 is 11.1 Å². The predicted octanol–water partition coefficient (Wildman–Crippen LogP) is 3.18. The van der Waals surface area contributed by atoms with Gasteiger partial charge in [-0.1, -0.05) is 11.6 Å². The van der Waals surface area contributed by atoms with E-state index < -0.39 is 5.82 Å². The van der Waals surface area contributed by atoms with Crippen LogP contribution in [0.3, 0.4) is 0 Å². The molecule has 0 spiro atoms. The van der Waals surface area contributed by atoms with E-state index in [1.807, 2.05) is 6.07 Å². The Morgan fingerprint density at radius 1 is 1.41 bits per heavy atom. The number of furan rings is 1. The predicted molar refractivity (Wildman–Crippen MR) is 65.5 cm³/mol. The molecule has 3 N–H and O–H groups in total. The molecule has 17 heavy (non-hydrogen) atoms. The highest BCUT2D eigenvalue weighted by atomic mass is 35.5. The zero-order valence-electron chi connectivity index (χ0n) is 8.99. The molecule has 3 nitrogen and oxygen atoms in total. The largest absolute Gasteiger partial charge is 0.467 e. The highest BCUT2D eigenvalue weighted by molar-refractivity contribution is 6.30. The van der Waals surface area contributed by atoms with Crippen LogP contribution in [-0.2, 0) is 0 Å². The van der Waals surface area contributed by atoms with Gasteiger partial charge in [0.1, 0.15) is 11.6 Å². The van der Waals surface area contributed by atoms with Crippen LogP contribution in [0.1, 0.15) is 11.8 Å². The SMILES string of the molecule is NCC(Nc1cc(F)cc(Cl)c1)c1ccco1. The van der Waals surface area contributed by atoms with E-state index in [0.717, 1.165) is 0 Å². The molecule has 1 unspecified atom stereocenters. The molecule has 1 heterocycles. The molecule has 0 fully saturated rings. The molecular weight excluding hydrogens is 243 g/mol. The van der Waals surface area contributed by atoms with Crippen molar-refractivity contribution in [2.24, 2.45) is 5.73 Å². The highest BCUT2D eigenvalue weighted by Gasteiger charge is 2.12. The number of anilines is 1. The van der Waals surface area contributed by atoms with Crippen molar-refractivity contribution in [2.75, 3.05) is 11.9 Å². The zero-order valence-corrected chi connectivity index (χ0v) is 9.75. The summed E-state index contributed by atoms with van der Waals surface area (Å²) in [5, 5.41) is 3.41. The number of hydrogen-bond acceptors (Lipinski definition) is 3. The van der Waals surface area contributed by atoms with Crippen LogP contribution in [0.2, 0.25) is 5.02 Å².